The van der Waals surface area contributed by atoms with Crippen LogP contribution >= 0.6 is 11.3 Å². The minimum absolute atomic E-state index is 0.0440. The van der Waals surface area contributed by atoms with Gasteiger partial charge in [-0.3, -0.25) is 14.2 Å². The predicted octanol–water partition coefficient (Wildman–Crippen LogP) is 4.36. The maximum Gasteiger partial charge on any atom is 0.264 e. The molecule has 1 amide bonds. The van der Waals surface area contributed by atoms with Crippen LogP contribution in [0.3, 0.4) is 0 Å². The Labute approximate surface area is 172 Å². The van der Waals surface area contributed by atoms with E-state index < -0.39 is 0 Å². The summed E-state index contributed by atoms with van der Waals surface area (Å²) in [7, 11) is 1.85. The van der Waals surface area contributed by atoms with Gasteiger partial charge in [-0.1, -0.05) is 37.5 Å². The molecule has 0 N–H and O–H groups in total. The molecule has 0 spiro atoms. The fraction of sp³-hybridized carbons (Fsp3) is 0.409. The first-order chi connectivity index (χ1) is 14.0. The third-order valence-electron chi connectivity index (χ3n) is 5.85. The summed E-state index contributed by atoms with van der Waals surface area (Å²) in [6, 6.07) is 6.64. The maximum atomic E-state index is 14.0. The second kappa shape index (κ2) is 8.06. The van der Waals surface area contributed by atoms with Gasteiger partial charge in [0.2, 0.25) is 0 Å². The average molecular weight is 414 g/mol. The van der Waals surface area contributed by atoms with Crippen molar-refractivity contribution in [3.8, 4) is 0 Å². The van der Waals surface area contributed by atoms with Gasteiger partial charge in [0.15, 0.2) is 0 Å². The lowest BCUT2D eigenvalue weighted by molar-refractivity contribution is 0.0700. The molecular weight excluding hydrogens is 389 g/mol. The van der Waals surface area contributed by atoms with E-state index in [1.54, 1.807) is 25.1 Å². The number of amides is 1. The Morgan fingerprint density at radius 3 is 2.72 bits per heavy atom. The first-order valence-electron chi connectivity index (χ1n) is 9.96. The highest BCUT2D eigenvalue weighted by atomic mass is 32.1. The second-order valence-electron chi connectivity index (χ2n) is 7.71. The average Bonchev–Trinajstić information content (AvgIpc) is 3.08. The highest BCUT2D eigenvalue weighted by Gasteiger charge is 2.27. The minimum atomic E-state index is -0.355. The van der Waals surface area contributed by atoms with Gasteiger partial charge in [-0.15, -0.1) is 11.3 Å². The van der Waals surface area contributed by atoms with Crippen LogP contribution in [-0.4, -0.2) is 33.4 Å². The first kappa shape index (κ1) is 19.8. The Morgan fingerprint density at radius 1 is 1.28 bits per heavy atom. The molecule has 29 heavy (non-hydrogen) atoms. The molecule has 7 heteroatoms. The molecule has 1 aliphatic rings. The van der Waals surface area contributed by atoms with E-state index in [2.05, 4.69) is 4.98 Å². The smallest absolute Gasteiger partial charge is 0.264 e. The number of aromatic nitrogens is 2. The predicted molar refractivity (Wildman–Crippen MR) is 113 cm³/mol. The normalized spacial score (nSPS) is 15.0. The van der Waals surface area contributed by atoms with E-state index in [4.69, 9.17) is 0 Å². The number of halogens is 1. The molecule has 1 aliphatic carbocycles. The summed E-state index contributed by atoms with van der Waals surface area (Å²) in [5.41, 5.74) is 0.848. The molecule has 0 radical (unpaired) electrons. The van der Waals surface area contributed by atoms with Crippen LogP contribution in [-0.2, 0) is 6.54 Å². The summed E-state index contributed by atoms with van der Waals surface area (Å²) in [5, 5.41) is 0.453. The summed E-state index contributed by atoms with van der Waals surface area (Å²) in [4.78, 5) is 33.5. The Bertz CT molecular complexity index is 1110. The summed E-state index contributed by atoms with van der Waals surface area (Å²) >= 11 is 1.27. The molecule has 1 fully saturated rings. The highest BCUT2D eigenvalue weighted by molar-refractivity contribution is 7.20. The molecule has 0 saturated heterocycles. The topological polar surface area (TPSA) is 55.2 Å². The third-order valence-corrected chi connectivity index (χ3v) is 7.04. The number of nitrogens with zero attached hydrogens (tertiary/aromatic N) is 3. The molecule has 2 heterocycles. The van der Waals surface area contributed by atoms with Gasteiger partial charge >= 0.3 is 0 Å². The van der Waals surface area contributed by atoms with Crippen LogP contribution in [0.4, 0.5) is 4.39 Å². The van der Waals surface area contributed by atoms with Crippen LogP contribution < -0.4 is 5.56 Å². The van der Waals surface area contributed by atoms with Gasteiger partial charge in [0.25, 0.3) is 11.5 Å². The molecule has 2 aromatic heterocycles. The molecule has 0 atom stereocenters. The van der Waals surface area contributed by atoms with Gasteiger partial charge in [0.1, 0.15) is 10.6 Å². The lowest BCUT2D eigenvalue weighted by Crippen LogP contribution is -2.38. The van der Waals surface area contributed by atoms with Crippen molar-refractivity contribution in [1.82, 2.24) is 14.5 Å². The lowest BCUT2D eigenvalue weighted by atomic mass is 9.94. The van der Waals surface area contributed by atoms with Gasteiger partial charge in [-0.05, 0) is 31.4 Å². The van der Waals surface area contributed by atoms with Gasteiger partial charge in [-0.25, -0.2) is 9.37 Å². The van der Waals surface area contributed by atoms with Crippen molar-refractivity contribution in [3.05, 3.63) is 62.8 Å². The van der Waals surface area contributed by atoms with Crippen molar-refractivity contribution in [3.63, 3.8) is 0 Å². The zero-order valence-corrected chi connectivity index (χ0v) is 17.5. The Hall–Kier alpha value is -2.54. The summed E-state index contributed by atoms with van der Waals surface area (Å²) in [6.07, 6.45) is 7.02. The van der Waals surface area contributed by atoms with Crippen molar-refractivity contribution < 1.29 is 9.18 Å². The van der Waals surface area contributed by atoms with Crippen LogP contribution in [0, 0.1) is 12.7 Å². The summed E-state index contributed by atoms with van der Waals surface area (Å²) in [5.74, 6) is -0.399. The fourth-order valence-electron chi connectivity index (χ4n) is 4.08. The molecule has 1 aromatic carbocycles. The first-order valence-corrected chi connectivity index (χ1v) is 10.8. The van der Waals surface area contributed by atoms with Crippen LogP contribution in [0.25, 0.3) is 10.2 Å². The Morgan fingerprint density at radius 2 is 2.00 bits per heavy atom. The monoisotopic (exact) mass is 413 g/mol. The van der Waals surface area contributed by atoms with Crippen LogP contribution in [0.2, 0.25) is 0 Å². The number of carbonyl (C=O) groups is 1. The number of carbonyl (C=O) groups excluding carboxylic acids is 1. The molecule has 0 bridgehead atoms. The Kier molecular flexibility index (Phi) is 5.50. The maximum absolute atomic E-state index is 14.0. The van der Waals surface area contributed by atoms with E-state index in [1.807, 2.05) is 11.9 Å². The number of benzene rings is 1. The van der Waals surface area contributed by atoms with Crippen molar-refractivity contribution in [2.75, 3.05) is 7.05 Å². The van der Waals surface area contributed by atoms with Crippen molar-refractivity contribution in [1.29, 1.82) is 0 Å². The number of thiophene rings is 1. The number of hydrogen-bond donors (Lipinski definition) is 0. The minimum Gasteiger partial charge on any atom is -0.338 e. The van der Waals surface area contributed by atoms with E-state index in [1.165, 1.54) is 34.7 Å². The van der Waals surface area contributed by atoms with Crippen molar-refractivity contribution >= 4 is 27.5 Å². The van der Waals surface area contributed by atoms with E-state index >= 15 is 0 Å². The molecule has 0 unspecified atom stereocenters. The molecule has 3 aromatic rings. The quantitative estimate of drug-likeness (QED) is 0.639. The molecule has 5 nitrogen and oxygen atoms in total. The van der Waals surface area contributed by atoms with E-state index in [0.29, 0.717) is 26.2 Å². The molecule has 1 saturated carbocycles. The van der Waals surface area contributed by atoms with Crippen LogP contribution in [0.15, 0.2) is 35.4 Å². The second-order valence-corrected chi connectivity index (χ2v) is 8.71. The molecule has 0 aliphatic heterocycles. The molecular formula is C22H24FN3O2S. The fourth-order valence-corrected chi connectivity index (χ4v) is 5.20. The third kappa shape index (κ3) is 3.71. The Balaban J connectivity index is 1.68. The number of aryl methyl sites for hydroxylation is 1. The molecule has 152 valence electrons. The zero-order chi connectivity index (χ0) is 20.5. The van der Waals surface area contributed by atoms with Gasteiger partial charge in [0.05, 0.1) is 23.1 Å². The largest absolute Gasteiger partial charge is 0.338 e. The van der Waals surface area contributed by atoms with Gasteiger partial charge in [-0.2, -0.15) is 0 Å². The van der Waals surface area contributed by atoms with Crippen LogP contribution in [0.1, 0.15) is 52.9 Å². The van der Waals surface area contributed by atoms with E-state index in [0.717, 1.165) is 25.7 Å². The van der Waals surface area contributed by atoms with Gasteiger partial charge in [0, 0.05) is 18.7 Å². The van der Waals surface area contributed by atoms with E-state index in [9.17, 15) is 14.0 Å². The highest BCUT2D eigenvalue weighted by Crippen LogP contribution is 2.30. The zero-order valence-electron chi connectivity index (χ0n) is 16.7. The van der Waals surface area contributed by atoms with Crippen LogP contribution in [0.5, 0.6) is 0 Å². The van der Waals surface area contributed by atoms with Gasteiger partial charge < -0.3 is 4.90 Å². The lowest BCUT2D eigenvalue weighted by Gasteiger charge is -2.31. The van der Waals surface area contributed by atoms with Crippen molar-refractivity contribution in [2.24, 2.45) is 0 Å². The molecule has 4 rings (SSSR count). The number of hydrogen-bond acceptors (Lipinski definition) is 4. The van der Waals surface area contributed by atoms with Crippen molar-refractivity contribution in [2.45, 2.75) is 51.6 Å². The standard InChI is InChI=1S/C22H24FN3O2S/c1-14-18-20(29-19(14)22(28)25(2)16-9-4-3-5-10-16)24-13-26(21(18)27)12-15-8-6-7-11-17(15)23/h6-8,11,13,16H,3-5,9-10,12H2,1-2H3. The SMILES string of the molecule is Cc1c(C(=O)N(C)C2CCCCC2)sc2ncn(Cc3ccccc3F)c(=O)c12. The summed E-state index contributed by atoms with van der Waals surface area (Å²) < 4.78 is 15.4. The summed E-state index contributed by atoms with van der Waals surface area (Å²) in [6.45, 7) is 1.91. The van der Waals surface area contributed by atoms with E-state index in [-0.39, 0.29) is 29.9 Å². The number of fused-ring (bicyclic) bond motifs is 1. The number of rotatable bonds is 4.